The van der Waals surface area contributed by atoms with Crippen LogP contribution in [-0.2, 0) is 5.41 Å². The van der Waals surface area contributed by atoms with Gasteiger partial charge in [-0.05, 0) is 74.2 Å². The lowest BCUT2D eigenvalue weighted by Gasteiger charge is -2.57. The molecule has 27 heavy (non-hydrogen) atoms. The molecule has 1 aromatic carbocycles. The normalized spacial score (nSPS) is 31.4. The molecule has 1 aromatic rings. The van der Waals surface area contributed by atoms with E-state index < -0.39 is 0 Å². The summed E-state index contributed by atoms with van der Waals surface area (Å²) in [5, 5.41) is 0. The monoisotopic (exact) mass is 368 g/mol. The Morgan fingerprint density at radius 1 is 0.778 bits per heavy atom. The highest BCUT2D eigenvalue weighted by Crippen LogP contribution is 2.61. The molecule has 0 atom stereocenters. The topological polar surface area (TPSA) is 9.23 Å². The number of benzene rings is 1. The van der Waals surface area contributed by atoms with Gasteiger partial charge in [-0.1, -0.05) is 70.1 Å². The molecule has 0 N–H and O–H groups in total. The van der Waals surface area contributed by atoms with Crippen molar-refractivity contribution in [3.05, 3.63) is 29.8 Å². The average molecular weight is 369 g/mol. The molecule has 0 amide bonds. The Bertz CT molecular complexity index is 554. The molecule has 0 radical (unpaired) electrons. The summed E-state index contributed by atoms with van der Waals surface area (Å²) in [5.41, 5.74) is 2.01. The summed E-state index contributed by atoms with van der Waals surface area (Å²) < 4.78 is 6.37. The molecule has 0 saturated heterocycles. The summed E-state index contributed by atoms with van der Waals surface area (Å²) >= 11 is 0. The molecule has 1 heteroatoms. The van der Waals surface area contributed by atoms with Crippen molar-refractivity contribution in [3.63, 3.8) is 0 Å². The zero-order chi connectivity index (χ0) is 18.5. The molecular formula is C26H40O. The third-order valence-corrected chi connectivity index (χ3v) is 7.75. The van der Waals surface area contributed by atoms with E-state index in [0.29, 0.717) is 5.41 Å². The molecule has 4 saturated carbocycles. The molecule has 1 nitrogen and oxygen atoms in total. The van der Waals surface area contributed by atoms with Crippen LogP contribution in [0.1, 0.15) is 102 Å². The van der Waals surface area contributed by atoms with E-state index >= 15 is 0 Å². The van der Waals surface area contributed by atoms with Crippen molar-refractivity contribution in [2.24, 2.45) is 17.8 Å². The second-order valence-electron chi connectivity index (χ2n) is 10.0. The van der Waals surface area contributed by atoms with E-state index in [9.17, 15) is 0 Å². The molecule has 5 rings (SSSR count). The van der Waals surface area contributed by atoms with E-state index in [4.69, 9.17) is 4.74 Å². The van der Waals surface area contributed by atoms with Crippen molar-refractivity contribution < 1.29 is 4.74 Å². The zero-order valence-corrected chi connectivity index (χ0v) is 17.6. The zero-order valence-electron chi connectivity index (χ0n) is 17.6. The Morgan fingerprint density at radius 3 is 1.96 bits per heavy atom. The van der Waals surface area contributed by atoms with Crippen molar-refractivity contribution in [2.75, 3.05) is 6.61 Å². The van der Waals surface area contributed by atoms with Crippen molar-refractivity contribution in [1.82, 2.24) is 0 Å². The van der Waals surface area contributed by atoms with Crippen LogP contribution in [0, 0.1) is 17.8 Å². The summed E-state index contributed by atoms with van der Waals surface area (Å²) in [5.74, 6) is 4.20. The van der Waals surface area contributed by atoms with Crippen LogP contribution >= 0.6 is 0 Å². The number of hydrogen-bond acceptors (Lipinski definition) is 1. The molecule has 4 aliphatic rings. The Morgan fingerprint density at radius 2 is 1.33 bits per heavy atom. The summed E-state index contributed by atoms with van der Waals surface area (Å²) in [6.07, 6.45) is 19.7. The molecule has 0 heterocycles. The van der Waals surface area contributed by atoms with Gasteiger partial charge in [0, 0.05) is 5.56 Å². The Hall–Kier alpha value is -0.980. The van der Waals surface area contributed by atoms with Gasteiger partial charge in [0.2, 0.25) is 0 Å². The highest BCUT2D eigenvalue weighted by molar-refractivity contribution is 5.41. The SMILES string of the molecule is CCCCCCCCCCOc1ccccc1C12CC3CC(CC(C3)C1)C2. The first-order valence-corrected chi connectivity index (χ1v) is 12.0. The molecule has 4 bridgehead atoms. The van der Waals surface area contributed by atoms with Crippen LogP contribution in [0.5, 0.6) is 5.75 Å². The van der Waals surface area contributed by atoms with Gasteiger partial charge in [-0.3, -0.25) is 0 Å². The van der Waals surface area contributed by atoms with Crippen molar-refractivity contribution in [2.45, 2.75) is 102 Å². The average Bonchev–Trinajstić information content (AvgIpc) is 2.66. The van der Waals surface area contributed by atoms with E-state index in [1.54, 1.807) is 5.56 Å². The molecule has 0 aromatic heterocycles. The molecule has 4 aliphatic carbocycles. The van der Waals surface area contributed by atoms with Gasteiger partial charge in [-0.15, -0.1) is 0 Å². The van der Waals surface area contributed by atoms with Gasteiger partial charge in [0.15, 0.2) is 0 Å². The quantitative estimate of drug-likeness (QED) is 0.364. The summed E-state index contributed by atoms with van der Waals surface area (Å²) in [6, 6.07) is 9.07. The van der Waals surface area contributed by atoms with Crippen molar-refractivity contribution >= 4 is 0 Å². The van der Waals surface area contributed by atoms with Crippen LogP contribution in [0.25, 0.3) is 0 Å². The maximum absolute atomic E-state index is 6.37. The van der Waals surface area contributed by atoms with Gasteiger partial charge in [-0.2, -0.15) is 0 Å². The van der Waals surface area contributed by atoms with Crippen LogP contribution in [0.3, 0.4) is 0 Å². The van der Waals surface area contributed by atoms with Gasteiger partial charge < -0.3 is 4.74 Å². The highest BCUT2D eigenvalue weighted by Gasteiger charge is 2.52. The van der Waals surface area contributed by atoms with Crippen LogP contribution in [-0.4, -0.2) is 6.61 Å². The maximum Gasteiger partial charge on any atom is 0.123 e. The first-order valence-electron chi connectivity index (χ1n) is 12.0. The van der Waals surface area contributed by atoms with Gasteiger partial charge in [0.1, 0.15) is 5.75 Å². The van der Waals surface area contributed by atoms with Gasteiger partial charge >= 0.3 is 0 Å². The van der Waals surface area contributed by atoms with Crippen LogP contribution in [0.4, 0.5) is 0 Å². The molecule has 150 valence electrons. The number of ether oxygens (including phenoxy) is 1. The number of rotatable bonds is 11. The first kappa shape index (κ1) is 19.3. The van der Waals surface area contributed by atoms with Gasteiger partial charge in [0.25, 0.3) is 0 Å². The fourth-order valence-electron chi connectivity index (χ4n) is 6.89. The minimum absolute atomic E-state index is 0.449. The molecule has 0 spiro atoms. The lowest BCUT2D eigenvalue weighted by Crippen LogP contribution is -2.48. The fourth-order valence-corrected chi connectivity index (χ4v) is 6.89. The third kappa shape index (κ3) is 4.54. The smallest absolute Gasteiger partial charge is 0.123 e. The predicted molar refractivity (Wildman–Crippen MR) is 114 cm³/mol. The highest BCUT2D eigenvalue weighted by atomic mass is 16.5. The van der Waals surface area contributed by atoms with E-state index in [2.05, 4.69) is 31.2 Å². The third-order valence-electron chi connectivity index (χ3n) is 7.75. The molecular weight excluding hydrogens is 328 g/mol. The lowest BCUT2D eigenvalue weighted by atomic mass is 9.48. The fraction of sp³-hybridized carbons (Fsp3) is 0.769. The molecule has 0 unspecified atom stereocenters. The lowest BCUT2D eigenvalue weighted by molar-refractivity contribution is -0.00639. The largest absolute Gasteiger partial charge is 0.493 e. The Kier molecular flexibility index (Phi) is 6.46. The summed E-state index contributed by atoms with van der Waals surface area (Å²) in [7, 11) is 0. The second-order valence-corrected chi connectivity index (χ2v) is 10.0. The predicted octanol–water partition coefficient (Wildman–Crippen LogP) is 7.67. The van der Waals surface area contributed by atoms with E-state index in [0.717, 1.165) is 24.4 Å². The maximum atomic E-state index is 6.37. The summed E-state index contributed by atoms with van der Waals surface area (Å²) in [4.78, 5) is 0. The second kappa shape index (κ2) is 9.01. The van der Waals surface area contributed by atoms with Crippen molar-refractivity contribution in [3.8, 4) is 5.75 Å². The van der Waals surface area contributed by atoms with E-state index in [-0.39, 0.29) is 0 Å². The van der Waals surface area contributed by atoms with Crippen molar-refractivity contribution in [1.29, 1.82) is 0 Å². The van der Waals surface area contributed by atoms with E-state index in [1.165, 1.54) is 95.6 Å². The number of unbranched alkanes of at least 4 members (excludes halogenated alkanes) is 7. The number of para-hydroxylation sites is 1. The van der Waals surface area contributed by atoms with Gasteiger partial charge in [-0.25, -0.2) is 0 Å². The van der Waals surface area contributed by atoms with Crippen LogP contribution in [0.2, 0.25) is 0 Å². The van der Waals surface area contributed by atoms with E-state index in [1.807, 2.05) is 0 Å². The first-order chi connectivity index (χ1) is 13.3. The minimum atomic E-state index is 0.449. The van der Waals surface area contributed by atoms with Crippen LogP contribution < -0.4 is 4.74 Å². The van der Waals surface area contributed by atoms with Crippen LogP contribution in [0.15, 0.2) is 24.3 Å². The minimum Gasteiger partial charge on any atom is -0.493 e. The Labute approximate surface area is 167 Å². The molecule has 4 fully saturated rings. The summed E-state index contributed by atoms with van der Waals surface area (Å²) in [6.45, 7) is 3.19. The standard InChI is InChI=1S/C26H40O/c1-2-3-4-5-6-7-8-11-14-27-25-13-10-9-12-24(25)26-18-21-15-22(19-26)17-23(16-21)20-26/h9-10,12-13,21-23H,2-8,11,14-20H2,1H3. The van der Waals surface area contributed by atoms with Gasteiger partial charge in [0.05, 0.1) is 6.61 Å². The number of hydrogen-bond donors (Lipinski definition) is 0. The Balaban J connectivity index is 1.28. The molecule has 0 aliphatic heterocycles.